The van der Waals surface area contributed by atoms with Crippen LogP contribution in [-0.4, -0.2) is 15.3 Å². The topological polar surface area (TPSA) is 62.2 Å². The maximum Gasteiger partial charge on any atom is 0.258 e. The van der Waals surface area contributed by atoms with Gasteiger partial charge in [-0.3, -0.25) is 4.79 Å². The maximum absolute atomic E-state index is 13.3. The van der Waals surface area contributed by atoms with Crippen LogP contribution in [0.3, 0.4) is 0 Å². The van der Waals surface area contributed by atoms with Gasteiger partial charge in [0.25, 0.3) is 5.56 Å². The third-order valence-electron chi connectivity index (χ3n) is 6.39. The standard InChI is InChI=1S/C27H21ClN4O/c1-32-12-11-18-13-17(7-10-24(18)32)22-15-23(31-30-22)26-25(16-5-3-2-4-6-16)20-14-19(28)8-9-21(20)29-27(26)33/h2-14,22,30H,15H2,1H3,(H,29,33). The van der Waals surface area contributed by atoms with Crippen molar-refractivity contribution in [3.8, 4) is 11.1 Å². The number of H-pyrrole nitrogens is 1. The first kappa shape index (κ1) is 19.8. The molecule has 1 atom stereocenters. The minimum atomic E-state index is -0.150. The van der Waals surface area contributed by atoms with Crippen LogP contribution < -0.4 is 11.0 Å². The molecule has 1 aliphatic rings. The minimum Gasteiger partial charge on any atom is -0.351 e. The predicted octanol–water partition coefficient (Wildman–Crippen LogP) is 5.78. The molecule has 0 aliphatic carbocycles. The third kappa shape index (κ3) is 3.33. The monoisotopic (exact) mass is 452 g/mol. The fourth-order valence-corrected chi connectivity index (χ4v) is 4.93. The Hall–Kier alpha value is -3.83. The summed E-state index contributed by atoms with van der Waals surface area (Å²) in [6.45, 7) is 0. The highest BCUT2D eigenvalue weighted by molar-refractivity contribution is 6.31. The Kier molecular flexibility index (Phi) is 4.59. The van der Waals surface area contributed by atoms with E-state index in [0.29, 0.717) is 17.0 Å². The summed E-state index contributed by atoms with van der Waals surface area (Å²) in [6, 6.07) is 24.1. The van der Waals surface area contributed by atoms with Gasteiger partial charge in [-0.25, -0.2) is 0 Å². The molecule has 5 nitrogen and oxygen atoms in total. The maximum atomic E-state index is 13.3. The number of pyridine rings is 1. The average Bonchev–Trinajstić information content (AvgIpc) is 3.46. The Bertz CT molecular complexity index is 1610. The highest BCUT2D eigenvalue weighted by Crippen LogP contribution is 2.34. The summed E-state index contributed by atoms with van der Waals surface area (Å²) >= 11 is 6.35. The number of rotatable bonds is 3. The molecule has 2 N–H and O–H groups in total. The molecule has 0 radical (unpaired) electrons. The van der Waals surface area contributed by atoms with E-state index in [2.05, 4.69) is 50.5 Å². The number of nitrogens with zero attached hydrogens (tertiary/aromatic N) is 2. The van der Waals surface area contributed by atoms with Crippen molar-refractivity contribution in [2.75, 3.05) is 0 Å². The van der Waals surface area contributed by atoms with E-state index in [-0.39, 0.29) is 11.6 Å². The van der Waals surface area contributed by atoms with E-state index < -0.39 is 0 Å². The SMILES string of the molecule is Cn1ccc2cc(C3CC(c4c(-c5ccccc5)c5cc(Cl)ccc5[nH]c4=O)=NN3)ccc21. The molecule has 0 fully saturated rings. The number of fused-ring (bicyclic) bond motifs is 2. The molecule has 5 aromatic rings. The van der Waals surface area contributed by atoms with Crippen LogP contribution in [-0.2, 0) is 7.05 Å². The molecule has 0 amide bonds. The lowest BCUT2D eigenvalue weighted by Gasteiger charge is -2.14. The van der Waals surface area contributed by atoms with Crippen molar-refractivity contribution < 1.29 is 0 Å². The van der Waals surface area contributed by atoms with E-state index in [1.54, 1.807) is 6.07 Å². The second-order valence-electron chi connectivity index (χ2n) is 8.45. The van der Waals surface area contributed by atoms with Crippen molar-refractivity contribution in [3.63, 3.8) is 0 Å². The van der Waals surface area contributed by atoms with Crippen LogP contribution in [0.5, 0.6) is 0 Å². The summed E-state index contributed by atoms with van der Waals surface area (Å²) < 4.78 is 2.11. The zero-order valence-electron chi connectivity index (χ0n) is 18.0. The van der Waals surface area contributed by atoms with Crippen molar-refractivity contribution in [1.29, 1.82) is 0 Å². The fraction of sp³-hybridized carbons (Fsp3) is 0.111. The van der Waals surface area contributed by atoms with Crippen LogP contribution in [0, 0.1) is 0 Å². The molecule has 0 bridgehead atoms. The van der Waals surface area contributed by atoms with Gasteiger partial charge < -0.3 is 15.0 Å². The Morgan fingerprint density at radius 3 is 2.70 bits per heavy atom. The van der Waals surface area contributed by atoms with Gasteiger partial charge in [0.05, 0.1) is 17.3 Å². The lowest BCUT2D eigenvalue weighted by Crippen LogP contribution is -2.20. The highest BCUT2D eigenvalue weighted by Gasteiger charge is 2.27. The summed E-state index contributed by atoms with van der Waals surface area (Å²) in [5.74, 6) is 0. The van der Waals surface area contributed by atoms with E-state index in [4.69, 9.17) is 11.6 Å². The van der Waals surface area contributed by atoms with Gasteiger partial charge in [-0.2, -0.15) is 5.10 Å². The van der Waals surface area contributed by atoms with Crippen molar-refractivity contribution in [3.05, 3.63) is 105 Å². The number of hydrogen-bond acceptors (Lipinski definition) is 3. The van der Waals surface area contributed by atoms with E-state index in [0.717, 1.165) is 33.3 Å². The van der Waals surface area contributed by atoms with Gasteiger partial charge in [0, 0.05) is 46.7 Å². The van der Waals surface area contributed by atoms with E-state index >= 15 is 0 Å². The number of aromatic nitrogens is 2. The van der Waals surface area contributed by atoms with Gasteiger partial charge in [-0.05, 0) is 52.9 Å². The number of aromatic amines is 1. The summed E-state index contributed by atoms with van der Waals surface area (Å²) in [4.78, 5) is 16.3. The normalized spacial score (nSPS) is 15.7. The van der Waals surface area contributed by atoms with Gasteiger partial charge in [-0.1, -0.05) is 48.0 Å². The molecule has 1 aliphatic heterocycles. The van der Waals surface area contributed by atoms with Gasteiger partial charge in [0.2, 0.25) is 0 Å². The first-order valence-corrected chi connectivity index (χ1v) is 11.2. The fourth-order valence-electron chi connectivity index (χ4n) is 4.75. The van der Waals surface area contributed by atoms with Crippen molar-refractivity contribution >= 4 is 39.1 Å². The molecule has 0 saturated carbocycles. The van der Waals surface area contributed by atoms with Crippen LogP contribution in [0.4, 0.5) is 0 Å². The van der Waals surface area contributed by atoms with Crippen molar-refractivity contribution in [2.45, 2.75) is 12.5 Å². The average molecular weight is 453 g/mol. The zero-order valence-corrected chi connectivity index (χ0v) is 18.7. The number of aryl methyl sites for hydroxylation is 1. The third-order valence-corrected chi connectivity index (χ3v) is 6.63. The van der Waals surface area contributed by atoms with E-state index in [9.17, 15) is 4.79 Å². The molecule has 33 heavy (non-hydrogen) atoms. The molecule has 3 aromatic carbocycles. The lowest BCUT2D eigenvalue weighted by molar-refractivity contribution is 0.620. The summed E-state index contributed by atoms with van der Waals surface area (Å²) in [5, 5.41) is 7.35. The predicted molar refractivity (Wildman–Crippen MR) is 135 cm³/mol. The van der Waals surface area contributed by atoms with Crippen LogP contribution in [0.2, 0.25) is 5.02 Å². The second-order valence-corrected chi connectivity index (χ2v) is 8.89. The molecule has 0 spiro atoms. The number of halogens is 1. The molecular formula is C27H21ClN4O. The Morgan fingerprint density at radius 2 is 1.85 bits per heavy atom. The second kappa shape index (κ2) is 7.64. The number of benzene rings is 3. The largest absolute Gasteiger partial charge is 0.351 e. The first-order valence-electron chi connectivity index (χ1n) is 10.9. The van der Waals surface area contributed by atoms with Crippen LogP contribution >= 0.6 is 11.6 Å². The van der Waals surface area contributed by atoms with Crippen LogP contribution in [0.25, 0.3) is 32.9 Å². The molecular weight excluding hydrogens is 432 g/mol. The van der Waals surface area contributed by atoms with E-state index in [1.807, 2.05) is 49.5 Å². The zero-order chi connectivity index (χ0) is 22.5. The Morgan fingerprint density at radius 1 is 1.00 bits per heavy atom. The Labute approximate surface area is 195 Å². The molecule has 2 aromatic heterocycles. The van der Waals surface area contributed by atoms with Gasteiger partial charge in [0.1, 0.15) is 0 Å². The summed E-state index contributed by atoms with van der Waals surface area (Å²) in [6.07, 6.45) is 2.68. The molecule has 6 heteroatoms. The van der Waals surface area contributed by atoms with Crippen LogP contribution in [0.1, 0.15) is 23.6 Å². The van der Waals surface area contributed by atoms with Crippen molar-refractivity contribution in [2.24, 2.45) is 12.1 Å². The minimum absolute atomic E-state index is 0.00249. The van der Waals surface area contributed by atoms with Gasteiger partial charge in [-0.15, -0.1) is 0 Å². The highest BCUT2D eigenvalue weighted by atomic mass is 35.5. The molecule has 6 rings (SSSR count). The quantitative estimate of drug-likeness (QED) is 0.364. The smallest absolute Gasteiger partial charge is 0.258 e. The molecule has 1 unspecified atom stereocenters. The number of nitrogens with one attached hydrogen (secondary N) is 2. The Balaban J connectivity index is 1.47. The van der Waals surface area contributed by atoms with E-state index in [1.165, 1.54) is 10.9 Å². The van der Waals surface area contributed by atoms with Gasteiger partial charge in [0.15, 0.2) is 0 Å². The summed E-state index contributed by atoms with van der Waals surface area (Å²) in [7, 11) is 2.04. The molecule has 3 heterocycles. The molecule has 0 saturated heterocycles. The molecule has 162 valence electrons. The number of hydrazone groups is 1. The van der Waals surface area contributed by atoms with Gasteiger partial charge >= 0.3 is 0 Å². The number of hydrogen-bond donors (Lipinski definition) is 2. The van der Waals surface area contributed by atoms with Crippen molar-refractivity contribution in [1.82, 2.24) is 15.0 Å². The first-order chi connectivity index (χ1) is 16.1. The van der Waals surface area contributed by atoms with Crippen LogP contribution in [0.15, 0.2) is 88.9 Å². The lowest BCUT2D eigenvalue weighted by atomic mass is 9.91. The summed E-state index contributed by atoms with van der Waals surface area (Å²) in [5.41, 5.74) is 9.35.